The molecule has 1 aliphatic rings. The normalized spacial score (nSPS) is 17.2. The fraction of sp³-hybridized carbons (Fsp3) is 0.692. The number of nitrogens with one attached hydrogen (secondary N) is 2. The average molecular weight is 333 g/mol. The minimum absolute atomic E-state index is 0.363. The number of ether oxygens (including phenoxy) is 1. The lowest BCUT2D eigenvalue weighted by Crippen LogP contribution is -2.41. The first kappa shape index (κ1) is 16.9. The van der Waals surface area contributed by atoms with E-state index >= 15 is 0 Å². The van der Waals surface area contributed by atoms with Gasteiger partial charge in [0.2, 0.25) is 10.0 Å². The van der Waals surface area contributed by atoms with E-state index < -0.39 is 10.0 Å². The zero-order chi connectivity index (χ0) is 15.1. The van der Waals surface area contributed by atoms with Crippen LogP contribution in [0.2, 0.25) is 0 Å². The van der Waals surface area contributed by atoms with E-state index in [-0.39, 0.29) is 0 Å². The van der Waals surface area contributed by atoms with Crippen molar-refractivity contribution in [2.24, 2.45) is 0 Å². The van der Waals surface area contributed by atoms with Crippen molar-refractivity contribution in [3.63, 3.8) is 0 Å². The highest BCUT2D eigenvalue weighted by atomic mass is 32.2. The van der Waals surface area contributed by atoms with E-state index in [1.165, 1.54) is 11.3 Å². The minimum Gasteiger partial charge on any atom is -0.379 e. The van der Waals surface area contributed by atoms with E-state index in [9.17, 15) is 8.42 Å². The Hall–Kier alpha value is -0.510. The minimum atomic E-state index is -3.39. The molecule has 1 saturated heterocycles. The summed E-state index contributed by atoms with van der Waals surface area (Å²) in [6.45, 7) is 7.95. The molecule has 0 amide bonds. The van der Waals surface area contributed by atoms with E-state index in [2.05, 4.69) is 14.9 Å². The number of thiophene rings is 1. The highest BCUT2D eigenvalue weighted by Gasteiger charge is 2.17. The Balaban J connectivity index is 1.81. The molecule has 1 aromatic rings. The molecule has 21 heavy (non-hydrogen) atoms. The van der Waals surface area contributed by atoms with Gasteiger partial charge in [-0.3, -0.25) is 4.90 Å². The van der Waals surface area contributed by atoms with Crippen LogP contribution in [0.1, 0.15) is 11.8 Å². The van der Waals surface area contributed by atoms with Gasteiger partial charge in [-0.15, -0.1) is 11.3 Å². The first-order valence-electron chi connectivity index (χ1n) is 7.19. The fourth-order valence-electron chi connectivity index (χ4n) is 2.09. The Kier molecular flexibility index (Phi) is 6.59. The number of rotatable bonds is 8. The van der Waals surface area contributed by atoms with Crippen LogP contribution >= 0.6 is 11.3 Å². The molecule has 2 N–H and O–H groups in total. The molecule has 1 aliphatic heterocycles. The van der Waals surface area contributed by atoms with E-state index in [0.29, 0.717) is 18.0 Å². The van der Waals surface area contributed by atoms with Gasteiger partial charge in [-0.2, -0.15) is 0 Å². The summed E-state index contributed by atoms with van der Waals surface area (Å²) in [7, 11) is -3.39. The molecule has 0 spiro atoms. The molecule has 0 bridgehead atoms. The van der Waals surface area contributed by atoms with Gasteiger partial charge >= 0.3 is 0 Å². The second-order valence-electron chi connectivity index (χ2n) is 4.88. The molecule has 0 saturated carbocycles. The smallest absolute Gasteiger partial charge is 0.241 e. The summed E-state index contributed by atoms with van der Waals surface area (Å²) in [5.41, 5.74) is 0. The predicted octanol–water partition coefficient (Wildman–Crippen LogP) is 0.468. The Bertz CT molecular complexity index is 525. The second-order valence-corrected chi connectivity index (χ2v) is 7.64. The van der Waals surface area contributed by atoms with E-state index in [1.807, 2.05) is 6.92 Å². The first-order chi connectivity index (χ1) is 10.1. The third-order valence-corrected chi connectivity index (χ3v) is 5.84. The SMILES string of the molecule is CCNCc1cc(S(=O)(=O)NCCN2CCOCC2)cs1. The van der Waals surface area contributed by atoms with Crippen molar-refractivity contribution < 1.29 is 13.2 Å². The largest absolute Gasteiger partial charge is 0.379 e. The Morgan fingerprint density at radius 2 is 2.14 bits per heavy atom. The third-order valence-electron chi connectivity index (χ3n) is 3.31. The van der Waals surface area contributed by atoms with E-state index in [0.717, 1.165) is 44.3 Å². The van der Waals surface area contributed by atoms with E-state index in [1.54, 1.807) is 11.4 Å². The van der Waals surface area contributed by atoms with E-state index in [4.69, 9.17) is 4.74 Å². The number of hydrogen-bond acceptors (Lipinski definition) is 6. The van der Waals surface area contributed by atoms with Gasteiger partial charge in [0.25, 0.3) is 0 Å². The quantitative estimate of drug-likeness (QED) is 0.724. The van der Waals surface area contributed by atoms with Crippen molar-refractivity contribution in [3.8, 4) is 0 Å². The Labute approximate surface area is 130 Å². The maximum atomic E-state index is 12.2. The van der Waals surface area contributed by atoms with Crippen LogP contribution in [-0.4, -0.2) is 59.3 Å². The van der Waals surface area contributed by atoms with Gasteiger partial charge in [-0.1, -0.05) is 6.92 Å². The molecule has 0 aliphatic carbocycles. The number of morpholine rings is 1. The summed E-state index contributed by atoms with van der Waals surface area (Å²) in [6.07, 6.45) is 0. The standard InChI is InChI=1S/C13H23N3O3S2/c1-2-14-10-12-9-13(11-20-12)21(17,18)15-3-4-16-5-7-19-8-6-16/h9,11,14-15H,2-8,10H2,1H3. The molecule has 0 atom stereocenters. The average Bonchev–Trinajstić information content (AvgIpc) is 2.96. The zero-order valence-electron chi connectivity index (χ0n) is 12.3. The Morgan fingerprint density at radius 1 is 1.38 bits per heavy atom. The molecule has 2 heterocycles. The lowest BCUT2D eigenvalue weighted by molar-refractivity contribution is 0.0390. The van der Waals surface area contributed by atoms with Gasteiger partial charge < -0.3 is 10.1 Å². The molecule has 0 aromatic carbocycles. The van der Waals surface area contributed by atoms with Crippen LogP contribution < -0.4 is 10.0 Å². The van der Waals surface area contributed by atoms with Crippen LogP contribution in [0.15, 0.2) is 16.3 Å². The van der Waals surface area contributed by atoms with Crippen molar-refractivity contribution >= 4 is 21.4 Å². The summed E-state index contributed by atoms with van der Waals surface area (Å²) in [5, 5.41) is 4.89. The molecule has 1 aromatic heterocycles. The molecular formula is C13H23N3O3S2. The summed E-state index contributed by atoms with van der Waals surface area (Å²) >= 11 is 1.47. The van der Waals surface area contributed by atoms with Crippen LogP contribution in [0, 0.1) is 0 Å². The van der Waals surface area contributed by atoms with Crippen LogP contribution in [0.4, 0.5) is 0 Å². The second kappa shape index (κ2) is 8.21. The third kappa shape index (κ3) is 5.32. The summed E-state index contributed by atoms with van der Waals surface area (Å²) in [4.78, 5) is 3.60. The molecule has 0 unspecified atom stereocenters. The van der Waals surface area contributed by atoms with Crippen LogP contribution in [0.25, 0.3) is 0 Å². The lowest BCUT2D eigenvalue weighted by atomic mass is 10.4. The molecule has 2 rings (SSSR count). The van der Waals surface area contributed by atoms with Gasteiger partial charge in [0.15, 0.2) is 0 Å². The lowest BCUT2D eigenvalue weighted by Gasteiger charge is -2.26. The van der Waals surface area contributed by atoms with Crippen LogP contribution in [-0.2, 0) is 21.3 Å². The van der Waals surface area contributed by atoms with Crippen molar-refractivity contribution in [1.82, 2.24) is 14.9 Å². The topological polar surface area (TPSA) is 70.7 Å². The van der Waals surface area contributed by atoms with Crippen LogP contribution in [0.3, 0.4) is 0 Å². The highest BCUT2D eigenvalue weighted by Crippen LogP contribution is 2.18. The summed E-state index contributed by atoms with van der Waals surface area (Å²) < 4.78 is 32.3. The number of hydrogen-bond donors (Lipinski definition) is 2. The monoisotopic (exact) mass is 333 g/mol. The molecule has 120 valence electrons. The van der Waals surface area contributed by atoms with Gasteiger partial charge in [0, 0.05) is 43.0 Å². The van der Waals surface area contributed by atoms with Crippen molar-refractivity contribution in [1.29, 1.82) is 0 Å². The maximum absolute atomic E-state index is 12.2. The molecule has 1 fully saturated rings. The Morgan fingerprint density at radius 3 is 2.86 bits per heavy atom. The molecule has 8 heteroatoms. The first-order valence-corrected chi connectivity index (χ1v) is 9.56. The van der Waals surface area contributed by atoms with Gasteiger partial charge in [-0.25, -0.2) is 13.1 Å². The van der Waals surface area contributed by atoms with Crippen molar-refractivity contribution in [2.45, 2.75) is 18.4 Å². The van der Waals surface area contributed by atoms with Gasteiger partial charge in [-0.05, 0) is 12.6 Å². The molecule has 6 nitrogen and oxygen atoms in total. The fourth-order valence-corrected chi connectivity index (χ4v) is 4.35. The number of nitrogens with zero attached hydrogens (tertiary/aromatic N) is 1. The number of sulfonamides is 1. The molecular weight excluding hydrogens is 310 g/mol. The maximum Gasteiger partial charge on any atom is 0.241 e. The van der Waals surface area contributed by atoms with Crippen LogP contribution in [0.5, 0.6) is 0 Å². The van der Waals surface area contributed by atoms with Gasteiger partial charge in [0.05, 0.1) is 18.1 Å². The summed E-state index contributed by atoms with van der Waals surface area (Å²) in [5.74, 6) is 0. The molecule has 0 radical (unpaired) electrons. The summed E-state index contributed by atoms with van der Waals surface area (Å²) in [6, 6.07) is 1.74. The van der Waals surface area contributed by atoms with Crippen molar-refractivity contribution in [3.05, 3.63) is 16.3 Å². The zero-order valence-corrected chi connectivity index (χ0v) is 13.9. The highest BCUT2D eigenvalue weighted by molar-refractivity contribution is 7.89. The van der Waals surface area contributed by atoms with Crippen molar-refractivity contribution in [2.75, 3.05) is 45.9 Å². The predicted molar refractivity (Wildman–Crippen MR) is 84.1 cm³/mol. The van der Waals surface area contributed by atoms with Gasteiger partial charge in [0.1, 0.15) is 0 Å².